The van der Waals surface area contributed by atoms with Gasteiger partial charge in [0.05, 0.1) is 21.9 Å². The normalized spacial score (nSPS) is 11.0. The van der Waals surface area contributed by atoms with E-state index in [4.69, 9.17) is 23.2 Å². The molecule has 6 rings (SSSR count). The van der Waals surface area contributed by atoms with E-state index in [1.54, 1.807) is 16.4 Å². The summed E-state index contributed by atoms with van der Waals surface area (Å²) in [5.41, 5.74) is 7.88. The molecular formula is C35H24Cl2N4S. The smallest absolute Gasteiger partial charge is 0.164 e. The molecule has 42 heavy (non-hydrogen) atoms. The fraction of sp³-hybridized carbons (Fsp3) is 0.0571. The Hall–Kier alpha value is -4.34. The van der Waals surface area contributed by atoms with Crippen molar-refractivity contribution in [3.05, 3.63) is 166 Å². The van der Waals surface area contributed by atoms with E-state index in [1.807, 2.05) is 30.3 Å². The zero-order valence-electron chi connectivity index (χ0n) is 22.4. The minimum atomic E-state index is -0.0199. The molecule has 204 valence electrons. The second-order valence-electron chi connectivity index (χ2n) is 9.78. The lowest BCUT2D eigenvalue weighted by atomic mass is 9.83. The Kier molecular flexibility index (Phi) is 8.39. The van der Waals surface area contributed by atoms with E-state index in [1.165, 1.54) is 22.9 Å². The van der Waals surface area contributed by atoms with Crippen molar-refractivity contribution in [2.45, 2.75) is 16.6 Å². The highest BCUT2D eigenvalue weighted by molar-refractivity contribution is 7.98. The van der Waals surface area contributed by atoms with Crippen LogP contribution in [-0.2, 0) is 5.75 Å². The van der Waals surface area contributed by atoms with E-state index in [0.29, 0.717) is 15.7 Å². The van der Waals surface area contributed by atoms with Gasteiger partial charge >= 0.3 is 0 Å². The van der Waals surface area contributed by atoms with Gasteiger partial charge in [0.15, 0.2) is 5.69 Å². The van der Waals surface area contributed by atoms with Gasteiger partial charge in [0.1, 0.15) is 6.07 Å². The second-order valence-corrected chi connectivity index (χ2v) is 11.6. The average molecular weight is 604 g/mol. The number of rotatable bonds is 8. The molecule has 5 aromatic carbocycles. The fourth-order valence-corrected chi connectivity index (χ4v) is 6.28. The van der Waals surface area contributed by atoms with Gasteiger partial charge in [-0.25, -0.2) is 4.68 Å². The Morgan fingerprint density at radius 1 is 0.714 bits per heavy atom. The lowest BCUT2D eigenvalue weighted by Gasteiger charge is -2.21. The highest BCUT2D eigenvalue weighted by Crippen LogP contribution is 2.37. The third-order valence-corrected chi connectivity index (χ3v) is 8.81. The minimum absolute atomic E-state index is 0.0199. The predicted molar refractivity (Wildman–Crippen MR) is 171 cm³/mol. The summed E-state index contributed by atoms with van der Waals surface area (Å²) in [6, 6.07) is 43.8. The molecule has 0 bridgehead atoms. The van der Waals surface area contributed by atoms with Crippen LogP contribution < -0.4 is 0 Å². The molecule has 0 unspecified atom stereocenters. The van der Waals surface area contributed by atoms with Gasteiger partial charge in [0.25, 0.3) is 0 Å². The maximum Gasteiger partial charge on any atom is 0.164 e. The first-order chi connectivity index (χ1) is 20.6. The summed E-state index contributed by atoms with van der Waals surface area (Å²) < 4.78 is 1.60. The maximum atomic E-state index is 9.74. The Labute approximate surface area is 259 Å². The van der Waals surface area contributed by atoms with Gasteiger partial charge in [-0.2, -0.15) is 5.26 Å². The topological polar surface area (TPSA) is 54.5 Å². The van der Waals surface area contributed by atoms with Gasteiger partial charge in [-0.05, 0) is 63.7 Å². The number of benzene rings is 5. The Balaban J connectivity index is 1.44. The summed E-state index contributed by atoms with van der Waals surface area (Å²) in [4.78, 5) is 1.06. The summed E-state index contributed by atoms with van der Waals surface area (Å²) in [6.45, 7) is 0. The van der Waals surface area contributed by atoms with E-state index >= 15 is 0 Å². The van der Waals surface area contributed by atoms with E-state index in [-0.39, 0.29) is 5.92 Å². The molecule has 4 nitrogen and oxygen atoms in total. The molecule has 0 aliphatic heterocycles. The van der Waals surface area contributed by atoms with Crippen LogP contribution in [-0.4, -0.2) is 15.0 Å². The highest BCUT2D eigenvalue weighted by atomic mass is 35.5. The molecule has 6 aromatic rings. The average Bonchev–Trinajstić information content (AvgIpc) is 3.52. The van der Waals surface area contributed by atoms with Crippen LogP contribution in [0.5, 0.6) is 0 Å². The Morgan fingerprint density at radius 3 is 2.14 bits per heavy atom. The lowest BCUT2D eigenvalue weighted by Crippen LogP contribution is -2.07. The highest BCUT2D eigenvalue weighted by Gasteiger charge is 2.20. The predicted octanol–water partition coefficient (Wildman–Crippen LogP) is 9.59. The molecule has 7 heteroatoms. The first kappa shape index (κ1) is 27.8. The van der Waals surface area contributed by atoms with Crippen molar-refractivity contribution in [1.82, 2.24) is 15.0 Å². The molecule has 1 heterocycles. The molecule has 1 aromatic heterocycles. The second kappa shape index (κ2) is 12.7. The quantitative estimate of drug-likeness (QED) is 0.128. The van der Waals surface area contributed by atoms with Crippen LogP contribution in [0.3, 0.4) is 0 Å². The number of halogens is 2. The molecule has 0 amide bonds. The van der Waals surface area contributed by atoms with Crippen molar-refractivity contribution in [1.29, 1.82) is 5.26 Å². The number of hydrogen-bond donors (Lipinski definition) is 0. The van der Waals surface area contributed by atoms with Crippen molar-refractivity contribution in [3.8, 4) is 22.9 Å². The van der Waals surface area contributed by atoms with Crippen LogP contribution in [0.4, 0.5) is 0 Å². The zero-order valence-corrected chi connectivity index (χ0v) is 24.7. The summed E-state index contributed by atoms with van der Waals surface area (Å²) in [5, 5.41) is 19.1. The molecular weight excluding hydrogens is 579 g/mol. The van der Waals surface area contributed by atoms with E-state index in [9.17, 15) is 5.26 Å². The van der Waals surface area contributed by atoms with Crippen LogP contribution in [0, 0.1) is 11.3 Å². The van der Waals surface area contributed by atoms with Gasteiger partial charge in [-0.3, -0.25) is 0 Å². The number of nitrogens with zero attached hydrogens (tertiary/aromatic N) is 4. The van der Waals surface area contributed by atoms with Crippen LogP contribution in [0.15, 0.2) is 132 Å². The standard InChI is InChI=1S/C35H24Cl2N4S/c36-33-15-14-32(20-34(33)37)42-23-24-8-7-13-27(16-24)28-17-29(19-30(18-28)41-31(21-38)22-39-40-41)35(25-9-3-1-4-10-25)26-11-5-2-6-12-26/h1-20,22,35H,23H2. The van der Waals surface area contributed by atoms with Gasteiger partial charge in [-0.15, -0.1) is 16.9 Å². The van der Waals surface area contributed by atoms with Crippen molar-refractivity contribution in [2.24, 2.45) is 0 Å². The number of thioether (sulfide) groups is 1. The third kappa shape index (κ3) is 6.12. The van der Waals surface area contributed by atoms with Gasteiger partial charge in [0.2, 0.25) is 0 Å². The van der Waals surface area contributed by atoms with Gasteiger partial charge in [-0.1, -0.05) is 119 Å². The molecule has 0 saturated carbocycles. The largest absolute Gasteiger partial charge is 0.203 e. The molecule has 0 radical (unpaired) electrons. The third-order valence-electron chi connectivity index (χ3n) is 7.00. The van der Waals surface area contributed by atoms with Crippen LogP contribution in [0.2, 0.25) is 10.0 Å². The zero-order chi connectivity index (χ0) is 28.9. The number of nitriles is 1. The Morgan fingerprint density at radius 2 is 1.45 bits per heavy atom. The monoisotopic (exact) mass is 602 g/mol. The van der Waals surface area contributed by atoms with Crippen molar-refractivity contribution >= 4 is 35.0 Å². The lowest BCUT2D eigenvalue weighted by molar-refractivity contribution is 0.793. The molecule has 0 aliphatic rings. The minimum Gasteiger partial charge on any atom is -0.203 e. The SMILES string of the molecule is N#Cc1cnnn1-c1cc(-c2cccc(CSc3ccc(Cl)c(Cl)c3)c2)cc(C(c2ccccc2)c2ccccc2)c1. The first-order valence-electron chi connectivity index (χ1n) is 13.3. The summed E-state index contributed by atoms with van der Waals surface area (Å²) in [7, 11) is 0. The van der Waals surface area contributed by atoms with Gasteiger partial charge < -0.3 is 0 Å². The molecule has 0 atom stereocenters. The van der Waals surface area contributed by atoms with E-state index in [0.717, 1.165) is 33.0 Å². The Bertz CT molecular complexity index is 1840. The summed E-state index contributed by atoms with van der Waals surface area (Å²) in [6.07, 6.45) is 1.49. The van der Waals surface area contributed by atoms with Crippen LogP contribution >= 0.6 is 35.0 Å². The van der Waals surface area contributed by atoms with Crippen molar-refractivity contribution in [2.75, 3.05) is 0 Å². The first-order valence-corrected chi connectivity index (χ1v) is 15.1. The molecule has 0 aliphatic carbocycles. The van der Waals surface area contributed by atoms with Crippen LogP contribution in [0.1, 0.15) is 33.9 Å². The molecule has 0 fully saturated rings. The number of aromatic nitrogens is 3. The van der Waals surface area contributed by atoms with Crippen LogP contribution in [0.25, 0.3) is 16.8 Å². The maximum absolute atomic E-state index is 9.74. The molecule has 0 saturated heterocycles. The fourth-order valence-electron chi connectivity index (χ4n) is 5.03. The molecule has 0 N–H and O–H groups in total. The number of hydrogen-bond acceptors (Lipinski definition) is 4. The van der Waals surface area contributed by atoms with Crippen molar-refractivity contribution < 1.29 is 0 Å². The van der Waals surface area contributed by atoms with Gasteiger partial charge in [0, 0.05) is 16.6 Å². The summed E-state index contributed by atoms with van der Waals surface area (Å²) in [5.74, 6) is 0.755. The summed E-state index contributed by atoms with van der Waals surface area (Å²) >= 11 is 14.0. The van der Waals surface area contributed by atoms with E-state index < -0.39 is 0 Å². The van der Waals surface area contributed by atoms with Crippen molar-refractivity contribution in [3.63, 3.8) is 0 Å². The van der Waals surface area contributed by atoms with E-state index in [2.05, 4.69) is 107 Å². The molecule has 0 spiro atoms.